The second kappa shape index (κ2) is 7.31. The first kappa shape index (κ1) is 15.6. The van der Waals surface area contributed by atoms with Gasteiger partial charge >= 0.3 is 0 Å². The van der Waals surface area contributed by atoms with Crippen LogP contribution in [0.25, 0.3) is 0 Å². The molecule has 0 aromatic heterocycles. The van der Waals surface area contributed by atoms with Crippen molar-refractivity contribution < 1.29 is 14.3 Å². The van der Waals surface area contributed by atoms with Crippen LogP contribution in [-0.4, -0.2) is 38.1 Å². The number of nitrogens with two attached hydrogens (primary N) is 1. The molecule has 0 radical (unpaired) electrons. The first-order valence-electron chi connectivity index (χ1n) is 7.41. The van der Waals surface area contributed by atoms with Crippen molar-refractivity contribution in [3.8, 4) is 11.5 Å². The minimum atomic E-state index is -0.216. The third-order valence-corrected chi connectivity index (χ3v) is 3.92. The molecule has 2 N–H and O–H groups in total. The van der Waals surface area contributed by atoms with Gasteiger partial charge in [0.1, 0.15) is 0 Å². The van der Waals surface area contributed by atoms with Gasteiger partial charge in [-0.3, -0.25) is 4.79 Å². The highest BCUT2D eigenvalue weighted by atomic mass is 16.5. The lowest BCUT2D eigenvalue weighted by Gasteiger charge is -2.25. The van der Waals surface area contributed by atoms with E-state index < -0.39 is 0 Å². The quantitative estimate of drug-likeness (QED) is 0.902. The van der Waals surface area contributed by atoms with E-state index in [1.807, 2.05) is 23.1 Å². The average Bonchev–Trinajstić information content (AvgIpc) is 2.71. The van der Waals surface area contributed by atoms with Crippen LogP contribution in [0.3, 0.4) is 0 Å². The molecule has 5 nitrogen and oxygen atoms in total. The fraction of sp³-hybridized carbons (Fsp3) is 0.562. The largest absolute Gasteiger partial charge is 0.493 e. The van der Waals surface area contributed by atoms with Gasteiger partial charge in [-0.2, -0.15) is 0 Å². The fourth-order valence-corrected chi connectivity index (χ4v) is 2.66. The van der Waals surface area contributed by atoms with Crippen molar-refractivity contribution in [3.63, 3.8) is 0 Å². The van der Waals surface area contributed by atoms with Crippen LogP contribution in [0.1, 0.15) is 37.3 Å². The maximum Gasteiger partial charge on any atom is 0.222 e. The summed E-state index contributed by atoms with van der Waals surface area (Å²) in [6.45, 7) is 1.36. The fourth-order valence-electron chi connectivity index (χ4n) is 2.66. The highest BCUT2D eigenvalue weighted by Gasteiger charge is 2.20. The Morgan fingerprint density at radius 3 is 2.67 bits per heavy atom. The van der Waals surface area contributed by atoms with Crippen LogP contribution in [0.15, 0.2) is 18.2 Å². The molecule has 1 aromatic rings. The summed E-state index contributed by atoms with van der Waals surface area (Å²) in [4.78, 5) is 13.9. The number of rotatable bonds is 5. The van der Waals surface area contributed by atoms with Gasteiger partial charge in [-0.15, -0.1) is 0 Å². The summed E-state index contributed by atoms with van der Waals surface area (Å²) in [6, 6.07) is 5.44. The summed E-state index contributed by atoms with van der Waals surface area (Å²) >= 11 is 0. The van der Waals surface area contributed by atoms with Crippen LogP contribution in [0, 0.1) is 0 Å². The SMILES string of the molecule is COc1ccc(C(N)CN2CCCCCC2=O)cc1OC. The van der Waals surface area contributed by atoms with E-state index in [0.717, 1.165) is 31.4 Å². The number of amides is 1. The summed E-state index contributed by atoms with van der Waals surface area (Å²) in [7, 11) is 3.21. The molecule has 21 heavy (non-hydrogen) atoms. The van der Waals surface area contributed by atoms with Crippen LogP contribution in [0.4, 0.5) is 0 Å². The Kier molecular flexibility index (Phi) is 5.44. The van der Waals surface area contributed by atoms with Crippen LogP contribution < -0.4 is 15.2 Å². The Balaban J connectivity index is 2.08. The van der Waals surface area contributed by atoms with Gasteiger partial charge in [-0.1, -0.05) is 12.5 Å². The summed E-state index contributed by atoms with van der Waals surface area (Å²) < 4.78 is 10.5. The molecule has 1 atom stereocenters. The van der Waals surface area contributed by atoms with Crippen molar-refractivity contribution in [2.24, 2.45) is 5.73 Å². The third kappa shape index (κ3) is 3.88. The van der Waals surface area contributed by atoms with E-state index in [2.05, 4.69) is 0 Å². The molecule has 116 valence electrons. The number of hydrogen-bond acceptors (Lipinski definition) is 4. The maximum absolute atomic E-state index is 12.0. The minimum Gasteiger partial charge on any atom is -0.493 e. The van der Waals surface area contributed by atoms with E-state index in [1.165, 1.54) is 0 Å². The predicted molar refractivity (Wildman–Crippen MR) is 81.5 cm³/mol. The highest BCUT2D eigenvalue weighted by molar-refractivity contribution is 5.76. The molecule has 1 aliphatic heterocycles. The Bertz CT molecular complexity index is 490. The maximum atomic E-state index is 12.0. The molecule has 0 aliphatic carbocycles. The van der Waals surface area contributed by atoms with Crippen molar-refractivity contribution in [1.82, 2.24) is 4.90 Å². The lowest BCUT2D eigenvalue weighted by molar-refractivity contribution is -0.130. The first-order chi connectivity index (χ1) is 10.2. The van der Waals surface area contributed by atoms with Gasteiger partial charge in [0, 0.05) is 25.6 Å². The standard InChI is InChI=1S/C16H24N2O3/c1-20-14-8-7-12(10-15(14)21-2)13(17)11-18-9-5-3-4-6-16(18)19/h7-8,10,13H,3-6,9,11,17H2,1-2H3. The molecule has 2 rings (SSSR count). The number of ether oxygens (including phenoxy) is 2. The zero-order valence-electron chi connectivity index (χ0n) is 12.8. The van der Waals surface area contributed by atoms with Gasteiger partial charge in [-0.05, 0) is 30.5 Å². The molecule has 1 unspecified atom stereocenters. The van der Waals surface area contributed by atoms with Gasteiger partial charge in [0.2, 0.25) is 5.91 Å². The van der Waals surface area contributed by atoms with Crippen LogP contribution >= 0.6 is 0 Å². The molecule has 1 amide bonds. The molecule has 1 saturated heterocycles. The molecule has 1 heterocycles. The predicted octanol–water partition coefficient (Wildman–Crippen LogP) is 2.11. The van der Waals surface area contributed by atoms with Gasteiger partial charge in [-0.25, -0.2) is 0 Å². The van der Waals surface area contributed by atoms with Gasteiger partial charge in [0.25, 0.3) is 0 Å². The second-order valence-corrected chi connectivity index (χ2v) is 5.37. The first-order valence-corrected chi connectivity index (χ1v) is 7.41. The topological polar surface area (TPSA) is 64.8 Å². The van der Waals surface area contributed by atoms with Gasteiger partial charge < -0.3 is 20.1 Å². The van der Waals surface area contributed by atoms with E-state index in [0.29, 0.717) is 24.5 Å². The normalized spacial score (nSPS) is 17.3. The number of carbonyl (C=O) groups excluding carboxylic acids is 1. The Labute approximate surface area is 126 Å². The third-order valence-electron chi connectivity index (χ3n) is 3.92. The van der Waals surface area contributed by atoms with E-state index >= 15 is 0 Å². The van der Waals surface area contributed by atoms with Gasteiger partial charge in [0.05, 0.1) is 14.2 Å². The van der Waals surface area contributed by atoms with Crippen molar-refractivity contribution in [2.45, 2.75) is 31.7 Å². The lowest BCUT2D eigenvalue weighted by Crippen LogP contribution is -2.36. The van der Waals surface area contributed by atoms with E-state index in [9.17, 15) is 4.79 Å². The minimum absolute atomic E-state index is 0.212. The highest BCUT2D eigenvalue weighted by Crippen LogP contribution is 2.29. The molecule has 1 fully saturated rings. The number of nitrogens with zero attached hydrogens (tertiary/aromatic N) is 1. The summed E-state index contributed by atoms with van der Waals surface area (Å²) in [5.41, 5.74) is 7.21. The van der Waals surface area contributed by atoms with Crippen molar-refractivity contribution in [1.29, 1.82) is 0 Å². The second-order valence-electron chi connectivity index (χ2n) is 5.37. The van der Waals surface area contributed by atoms with Crippen molar-refractivity contribution in [3.05, 3.63) is 23.8 Å². The van der Waals surface area contributed by atoms with E-state index in [4.69, 9.17) is 15.2 Å². The molecule has 0 bridgehead atoms. The van der Waals surface area contributed by atoms with E-state index in [1.54, 1.807) is 14.2 Å². The average molecular weight is 292 g/mol. The molecule has 1 aliphatic rings. The monoisotopic (exact) mass is 292 g/mol. The van der Waals surface area contributed by atoms with E-state index in [-0.39, 0.29) is 11.9 Å². The summed E-state index contributed by atoms with van der Waals surface area (Å²) in [6.07, 6.45) is 3.80. The van der Waals surface area contributed by atoms with Crippen LogP contribution in [0.5, 0.6) is 11.5 Å². The van der Waals surface area contributed by atoms with Gasteiger partial charge in [0.15, 0.2) is 11.5 Å². The van der Waals surface area contributed by atoms with Crippen LogP contribution in [0.2, 0.25) is 0 Å². The number of benzene rings is 1. The molecule has 0 saturated carbocycles. The Morgan fingerprint density at radius 1 is 1.19 bits per heavy atom. The molecular formula is C16H24N2O3. The zero-order chi connectivity index (χ0) is 15.2. The summed E-state index contributed by atoms with van der Waals surface area (Å²) in [5.74, 6) is 1.55. The van der Waals surface area contributed by atoms with Crippen LogP contribution in [-0.2, 0) is 4.79 Å². The Morgan fingerprint density at radius 2 is 1.95 bits per heavy atom. The van der Waals surface area contributed by atoms with Crippen molar-refractivity contribution in [2.75, 3.05) is 27.3 Å². The molecule has 1 aromatic carbocycles. The lowest BCUT2D eigenvalue weighted by atomic mass is 10.1. The summed E-state index contributed by atoms with van der Waals surface area (Å²) in [5, 5.41) is 0. The molecule has 5 heteroatoms. The number of carbonyl (C=O) groups is 1. The Hall–Kier alpha value is -1.75. The molecular weight excluding hydrogens is 268 g/mol. The number of likely N-dealkylation sites (tertiary alicyclic amines) is 1. The zero-order valence-corrected chi connectivity index (χ0v) is 12.8. The molecule has 0 spiro atoms. The smallest absolute Gasteiger partial charge is 0.222 e. The van der Waals surface area contributed by atoms with Crippen molar-refractivity contribution >= 4 is 5.91 Å². The number of hydrogen-bond donors (Lipinski definition) is 1. The number of methoxy groups -OCH3 is 2.